The van der Waals surface area contributed by atoms with Gasteiger partial charge in [0.05, 0.1) is 5.56 Å². The number of hydrogen-bond acceptors (Lipinski definition) is 5. The second kappa shape index (κ2) is 5.09. The highest BCUT2D eigenvalue weighted by Crippen LogP contribution is 2.22. The monoisotopic (exact) mass is 296 g/mol. The summed E-state index contributed by atoms with van der Waals surface area (Å²) in [4.78, 5) is 10.8. The SMILES string of the molecule is Cc1nnc(COc2ccc(Br)cc2C=O)o1. The lowest BCUT2D eigenvalue weighted by Crippen LogP contribution is -1.98. The van der Waals surface area contributed by atoms with Gasteiger partial charge in [-0.3, -0.25) is 4.79 Å². The number of ether oxygens (including phenoxy) is 1. The van der Waals surface area contributed by atoms with Crippen molar-refractivity contribution >= 4 is 22.2 Å². The Bertz CT molecular complexity index is 539. The molecule has 0 bridgehead atoms. The molecule has 5 nitrogen and oxygen atoms in total. The highest BCUT2D eigenvalue weighted by atomic mass is 79.9. The van der Waals surface area contributed by atoms with Gasteiger partial charge in [0.2, 0.25) is 5.89 Å². The largest absolute Gasteiger partial charge is 0.483 e. The Morgan fingerprint density at radius 1 is 1.47 bits per heavy atom. The van der Waals surface area contributed by atoms with Gasteiger partial charge < -0.3 is 9.15 Å². The van der Waals surface area contributed by atoms with Crippen molar-refractivity contribution in [1.82, 2.24) is 10.2 Å². The highest BCUT2D eigenvalue weighted by molar-refractivity contribution is 9.10. The fourth-order valence-electron chi connectivity index (χ4n) is 1.28. The van der Waals surface area contributed by atoms with Crippen molar-refractivity contribution in [3.05, 3.63) is 40.0 Å². The second-order valence-corrected chi connectivity index (χ2v) is 4.22. The fourth-order valence-corrected chi connectivity index (χ4v) is 1.66. The van der Waals surface area contributed by atoms with Crippen molar-refractivity contribution in [3.8, 4) is 5.75 Å². The Kier molecular flexibility index (Phi) is 3.53. The summed E-state index contributed by atoms with van der Waals surface area (Å²) in [7, 11) is 0. The summed E-state index contributed by atoms with van der Waals surface area (Å²) in [6.07, 6.45) is 0.735. The third-order valence-electron chi connectivity index (χ3n) is 2.02. The molecule has 17 heavy (non-hydrogen) atoms. The van der Waals surface area contributed by atoms with E-state index in [-0.39, 0.29) is 6.61 Å². The molecule has 0 unspecified atom stereocenters. The number of aryl methyl sites for hydroxylation is 1. The molecule has 1 aromatic carbocycles. The first-order chi connectivity index (χ1) is 8.19. The predicted molar refractivity (Wildman–Crippen MR) is 62.9 cm³/mol. The van der Waals surface area contributed by atoms with Crippen LogP contribution >= 0.6 is 15.9 Å². The van der Waals surface area contributed by atoms with E-state index in [2.05, 4.69) is 26.1 Å². The van der Waals surface area contributed by atoms with E-state index in [1.807, 2.05) is 0 Å². The Morgan fingerprint density at radius 3 is 2.94 bits per heavy atom. The molecule has 0 fully saturated rings. The maximum Gasteiger partial charge on any atom is 0.253 e. The zero-order chi connectivity index (χ0) is 12.3. The average Bonchev–Trinajstić information content (AvgIpc) is 2.73. The molecular weight excluding hydrogens is 288 g/mol. The van der Waals surface area contributed by atoms with Crippen LogP contribution in [0.1, 0.15) is 22.1 Å². The number of hydrogen-bond donors (Lipinski definition) is 0. The number of aldehydes is 1. The van der Waals surface area contributed by atoms with Crippen molar-refractivity contribution < 1.29 is 13.9 Å². The molecule has 0 aliphatic rings. The summed E-state index contributed by atoms with van der Waals surface area (Å²) in [5, 5.41) is 7.48. The van der Waals surface area contributed by atoms with E-state index in [4.69, 9.17) is 9.15 Å². The van der Waals surface area contributed by atoms with Crippen LogP contribution < -0.4 is 4.74 Å². The Hall–Kier alpha value is -1.69. The first-order valence-corrected chi connectivity index (χ1v) is 5.65. The fraction of sp³-hybridized carbons (Fsp3) is 0.182. The predicted octanol–water partition coefficient (Wildman–Crippen LogP) is 2.53. The van der Waals surface area contributed by atoms with Crippen LogP contribution in [0.25, 0.3) is 0 Å². The van der Waals surface area contributed by atoms with Crippen LogP contribution in [0.3, 0.4) is 0 Å². The van der Waals surface area contributed by atoms with Gasteiger partial charge in [0.1, 0.15) is 5.75 Å². The summed E-state index contributed by atoms with van der Waals surface area (Å²) < 4.78 is 11.4. The van der Waals surface area contributed by atoms with Crippen LogP contribution in [0.5, 0.6) is 5.75 Å². The minimum atomic E-state index is 0.142. The molecule has 6 heteroatoms. The molecular formula is C11H9BrN2O3. The average molecular weight is 297 g/mol. The number of benzene rings is 1. The van der Waals surface area contributed by atoms with Crippen LogP contribution in [-0.2, 0) is 6.61 Å². The van der Waals surface area contributed by atoms with Crippen LogP contribution in [-0.4, -0.2) is 16.5 Å². The lowest BCUT2D eigenvalue weighted by molar-refractivity contribution is 0.111. The molecule has 0 saturated heterocycles. The smallest absolute Gasteiger partial charge is 0.253 e. The lowest BCUT2D eigenvalue weighted by atomic mass is 10.2. The third-order valence-corrected chi connectivity index (χ3v) is 2.51. The Balaban J connectivity index is 2.11. The molecule has 0 aliphatic heterocycles. The van der Waals surface area contributed by atoms with E-state index < -0.39 is 0 Å². The standard InChI is InChI=1S/C11H9BrN2O3/c1-7-13-14-11(17-7)6-16-10-3-2-9(12)4-8(10)5-15/h2-5H,6H2,1H3. The molecule has 1 heterocycles. The summed E-state index contributed by atoms with van der Waals surface area (Å²) >= 11 is 3.28. The van der Waals surface area contributed by atoms with E-state index in [1.165, 1.54) is 0 Å². The lowest BCUT2D eigenvalue weighted by Gasteiger charge is -2.06. The van der Waals surface area contributed by atoms with Crippen molar-refractivity contribution in [2.24, 2.45) is 0 Å². The zero-order valence-corrected chi connectivity index (χ0v) is 10.6. The summed E-state index contributed by atoms with van der Waals surface area (Å²) in [5.74, 6) is 1.34. The summed E-state index contributed by atoms with van der Waals surface area (Å²) in [6.45, 7) is 1.84. The molecule has 2 aromatic rings. The molecule has 0 saturated carbocycles. The van der Waals surface area contributed by atoms with Gasteiger partial charge >= 0.3 is 0 Å². The van der Waals surface area contributed by atoms with Crippen LogP contribution in [0.4, 0.5) is 0 Å². The van der Waals surface area contributed by atoms with Gasteiger partial charge in [0.25, 0.3) is 5.89 Å². The van der Waals surface area contributed by atoms with Gasteiger partial charge in [-0.15, -0.1) is 10.2 Å². The van der Waals surface area contributed by atoms with Gasteiger partial charge in [-0.2, -0.15) is 0 Å². The number of carbonyl (C=O) groups excluding carboxylic acids is 1. The van der Waals surface area contributed by atoms with Crippen molar-refractivity contribution in [2.75, 3.05) is 0 Å². The topological polar surface area (TPSA) is 65.2 Å². The van der Waals surface area contributed by atoms with E-state index in [0.717, 1.165) is 10.8 Å². The summed E-state index contributed by atoms with van der Waals surface area (Å²) in [6, 6.07) is 5.18. The van der Waals surface area contributed by atoms with Gasteiger partial charge in [-0.05, 0) is 18.2 Å². The molecule has 88 valence electrons. The molecule has 0 amide bonds. The van der Waals surface area contributed by atoms with Crippen LogP contribution in [0.2, 0.25) is 0 Å². The second-order valence-electron chi connectivity index (χ2n) is 3.30. The molecule has 0 aliphatic carbocycles. The minimum Gasteiger partial charge on any atom is -0.483 e. The maximum absolute atomic E-state index is 10.8. The van der Waals surface area contributed by atoms with E-state index in [0.29, 0.717) is 23.1 Å². The number of halogens is 1. The van der Waals surface area contributed by atoms with Gasteiger partial charge in [-0.1, -0.05) is 15.9 Å². The zero-order valence-electron chi connectivity index (χ0n) is 9.01. The highest BCUT2D eigenvalue weighted by Gasteiger charge is 2.07. The van der Waals surface area contributed by atoms with E-state index in [1.54, 1.807) is 25.1 Å². The molecule has 0 atom stereocenters. The first-order valence-electron chi connectivity index (χ1n) is 4.85. The quantitative estimate of drug-likeness (QED) is 0.811. The van der Waals surface area contributed by atoms with Gasteiger partial charge in [-0.25, -0.2) is 0 Å². The third kappa shape index (κ3) is 2.91. The van der Waals surface area contributed by atoms with Gasteiger partial charge in [0.15, 0.2) is 12.9 Å². The number of nitrogens with zero attached hydrogens (tertiary/aromatic N) is 2. The van der Waals surface area contributed by atoms with Crippen molar-refractivity contribution in [1.29, 1.82) is 0 Å². The number of carbonyl (C=O) groups is 1. The number of rotatable bonds is 4. The molecule has 1 aromatic heterocycles. The van der Waals surface area contributed by atoms with Crippen LogP contribution in [0.15, 0.2) is 27.1 Å². The normalized spacial score (nSPS) is 10.2. The minimum absolute atomic E-state index is 0.142. The van der Waals surface area contributed by atoms with Gasteiger partial charge in [0, 0.05) is 11.4 Å². The molecule has 2 rings (SSSR count). The van der Waals surface area contributed by atoms with E-state index in [9.17, 15) is 4.79 Å². The maximum atomic E-state index is 10.8. The molecule has 0 spiro atoms. The molecule has 0 radical (unpaired) electrons. The van der Waals surface area contributed by atoms with Crippen molar-refractivity contribution in [3.63, 3.8) is 0 Å². The number of aromatic nitrogens is 2. The first kappa shape index (κ1) is 11.8. The van der Waals surface area contributed by atoms with E-state index >= 15 is 0 Å². The Labute approximate surface area is 106 Å². The Morgan fingerprint density at radius 2 is 2.29 bits per heavy atom. The summed E-state index contributed by atoms with van der Waals surface area (Å²) in [5.41, 5.74) is 0.468. The van der Waals surface area contributed by atoms with Crippen LogP contribution in [0, 0.1) is 6.92 Å². The van der Waals surface area contributed by atoms with Crippen molar-refractivity contribution in [2.45, 2.75) is 13.5 Å². The molecule has 0 N–H and O–H groups in total.